The molecule has 106 valence electrons. The van der Waals surface area contributed by atoms with Crippen molar-refractivity contribution in [3.63, 3.8) is 0 Å². The maximum absolute atomic E-state index is 10.6. The summed E-state index contributed by atoms with van der Waals surface area (Å²) < 4.78 is 16.7. The molecule has 0 rings (SSSR count). The number of aliphatic carboxylic acids is 1. The summed E-state index contributed by atoms with van der Waals surface area (Å²) in [7, 11) is -0.941. The molecule has 18 heavy (non-hydrogen) atoms. The zero-order valence-corrected chi connectivity index (χ0v) is 12.5. The highest BCUT2D eigenvalue weighted by atomic mass is 28.4. The molecule has 0 heterocycles. The van der Waals surface area contributed by atoms with Gasteiger partial charge in [-0.1, -0.05) is 6.58 Å². The third kappa shape index (κ3) is 6.30. The van der Waals surface area contributed by atoms with Gasteiger partial charge in [0, 0.05) is 31.9 Å². The first-order valence-corrected chi connectivity index (χ1v) is 8.18. The minimum Gasteiger partial charge on any atom is -0.478 e. The van der Waals surface area contributed by atoms with Crippen molar-refractivity contribution in [2.45, 2.75) is 39.2 Å². The molecule has 0 aliphatic rings. The average Bonchev–Trinajstić information content (AvgIpc) is 2.34. The second-order valence-corrected chi connectivity index (χ2v) is 6.72. The topological polar surface area (TPSA) is 65.0 Å². The summed E-state index contributed by atoms with van der Waals surface area (Å²) in [4.78, 5) is 10.6. The molecule has 0 aromatic rings. The van der Waals surface area contributed by atoms with Crippen LogP contribution in [0.15, 0.2) is 12.2 Å². The summed E-state index contributed by atoms with van der Waals surface area (Å²) in [5.41, 5.74) is 0.243. The number of hydrogen-bond donors (Lipinski definition) is 1. The predicted molar refractivity (Wildman–Crippen MR) is 71.4 cm³/mol. The molecule has 1 N–H and O–H groups in total. The summed E-state index contributed by atoms with van der Waals surface area (Å²) in [6.07, 6.45) is 2.05. The van der Waals surface area contributed by atoms with Crippen molar-refractivity contribution in [2.75, 3.05) is 20.3 Å². The van der Waals surface area contributed by atoms with Crippen molar-refractivity contribution in [1.82, 2.24) is 0 Å². The smallest absolute Gasteiger partial charge is 0.478 e. The molecule has 0 saturated carbocycles. The van der Waals surface area contributed by atoms with Crippen molar-refractivity contribution in [3.8, 4) is 0 Å². The second kappa shape index (κ2) is 9.27. The molecule has 0 atom stereocenters. The van der Waals surface area contributed by atoms with Crippen LogP contribution in [0, 0.1) is 0 Å². The lowest BCUT2D eigenvalue weighted by Gasteiger charge is -2.27. The molecular formula is C12H24O5Si. The van der Waals surface area contributed by atoms with Gasteiger partial charge in [-0.2, -0.15) is 0 Å². The molecule has 6 heteroatoms. The molecule has 0 saturated heterocycles. The molecule has 0 aromatic carbocycles. The Hall–Kier alpha value is -0.693. The van der Waals surface area contributed by atoms with E-state index < -0.39 is 14.8 Å². The maximum atomic E-state index is 10.6. The van der Waals surface area contributed by atoms with E-state index in [1.165, 1.54) is 0 Å². The van der Waals surface area contributed by atoms with Gasteiger partial charge >= 0.3 is 14.8 Å². The largest absolute Gasteiger partial charge is 0.500 e. The monoisotopic (exact) mass is 276 g/mol. The third-order valence-corrected chi connectivity index (χ3v) is 5.60. The van der Waals surface area contributed by atoms with E-state index in [2.05, 4.69) is 6.58 Å². The molecular weight excluding hydrogens is 252 g/mol. The van der Waals surface area contributed by atoms with Gasteiger partial charge in [0.1, 0.15) is 0 Å². The zero-order valence-electron chi connectivity index (χ0n) is 11.5. The standard InChI is InChI=1S/C12H24O5Si/c1-5-16-18(15-4,17-6-2)10-8-7-9-11(3)12(13)14/h3,5-10H2,1-2,4H3,(H,13,14). The van der Waals surface area contributed by atoms with Gasteiger partial charge in [0.2, 0.25) is 0 Å². The normalized spacial score (nSPS) is 11.5. The quantitative estimate of drug-likeness (QED) is 0.357. The van der Waals surface area contributed by atoms with Crippen molar-refractivity contribution >= 4 is 14.8 Å². The highest BCUT2D eigenvalue weighted by Crippen LogP contribution is 2.19. The van der Waals surface area contributed by atoms with Gasteiger partial charge in [0.25, 0.3) is 0 Å². The Bertz CT molecular complexity index is 261. The first-order valence-electron chi connectivity index (χ1n) is 6.25. The van der Waals surface area contributed by atoms with E-state index in [9.17, 15) is 4.79 Å². The van der Waals surface area contributed by atoms with Crippen molar-refractivity contribution < 1.29 is 23.2 Å². The van der Waals surface area contributed by atoms with Crippen molar-refractivity contribution in [3.05, 3.63) is 12.2 Å². The summed E-state index contributed by atoms with van der Waals surface area (Å²) in [5.74, 6) is -0.931. The number of unbranched alkanes of at least 4 members (excludes halogenated alkanes) is 1. The molecule has 0 bridgehead atoms. The van der Waals surface area contributed by atoms with E-state index in [0.29, 0.717) is 25.7 Å². The molecule has 0 aliphatic carbocycles. The Morgan fingerprint density at radius 3 is 2.17 bits per heavy atom. The van der Waals surface area contributed by atoms with E-state index in [-0.39, 0.29) is 5.57 Å². The SMILES string of the molecule is C=C(CCCC[Si](OC)(OCC)OCC)C(=O)O. The molecule has 0 amide bonds. The summed E-state index contributed by atoms with van der Waals surface area (Å²) in [6, 6.07) is 0.706. The van der Waals surface area contributed by atoms with Crippen LogP contribution in [-0.2, 0) is 18.1 Å². The molecule has 0 spiro atoms. The fourth-order valence-electron chi connectivity index (χ4n) is 1.63. The number of carboxylic acid groups (broad SMARTS) is 1. The lowest BCUT2D eigenvalue weighted by molar-refractivity contribution is -0.132. The van der Waals surface area contributed by atoms with Crippen LogP contribution >= 0.6 is 0 Å². The van der Waals surface area contributed by atoms with E-state index in [1.807, 2.05) is 13.8 Å². The van der Waals surface area contributed by atoms with Crippen molar-refractivity contribution in [1.29, 1.82) is 0 Å². The van der Waals surface area contributed by atoms with E-state index >= 15 is 0 Å². The molecule has 0 fully saturated rings. The number of carboxylic acids is 1. The van der Waals surface area contributed by atoms with Crippen LogP contribution in [0.4, 0.5) is 0 Å². The fraction of sp³-hybridized carbons (Fsp3) is 0.750. The highest BCUT2D eigenvalue weighted by Gasteiger charge is 2.38. The number of rotatable bonds is 11. The van der Waals surface area contributed by atoms with Gasteiger partial charge in [-0.05, 0) is 33.1 Å². The average molecular weight is 276 g/mol. The lowest BCUT2D eigenvalue weighted by atomic mass is 10.1. The Labute approximate surface area is 110 Å². The first kappa shape index (κ1) is 17.3. The van der Waals surface area contributed by atoms with Crippen LogP contribution < -0.4 is 0 Å². The summed E-state index contributed by atoms with van der Waals surface area (Å²) in [5, 5.41) is 8.69. The molecule has 5 nitrogen and oxygen atoms in total. The Balaban J connectivity index is 4.10. The summed E-state index contributed by atoms with van der Waals surface area (Å²) in [6.45, 7) is 8.43. The van der Waals surface area contributed by atoms with E-state index in [4.69, 9.17) is 18.4 Å². The van der Waals surface area contributed by atoms with E-state index in [0.717, 1.165) is 12.8 Å². The lowest BCUT2D eigenvalue weighted by Crippen LogP contribution is -2.44. The van der Waals surface area contributed by atoms with Crippen LogP contribution in [0.5, 0.6) is 0 Å². The maximum Gasteiger partial charge on any atom is 0.500 e. The van der Waals surface area contributed by atoms with Crippen LogP contribution in [0.1, 0.15) is 33.1 Å². The van der Waals surface area contributed by atoms with Gasteiger partial charge in [0.05, 0.1) is 0 Å². The van der Waals surface area contributed by atoms with Crippen LogP contribution in [0.2, 0.25) is 6.04 Å². The second-order valence-electron chi connectivity index (χ2n) is 3.87. The van der Waals surface area contributed by atoms with Crippen LogP contribution in [-0.4, -0.2) is 40.2 Å². The minimum atomic E-state index is -2.55. The Morgan fingerprint density at radius 1 is 1.22 bits per heavy atom. The van der Waals surface area contributed by atoms with Crippen molar-refractivity contribution in [2.24, 2.45) is 0 Å². The fourth-order valence-corrected chi connectivity index (χ4v) is 4.01. The Morgan fingerprint density at radius 2 is 1.78 bits per heavy atom. The first-order chi connectivity index (χ1) is 8.51. The van der Waals surface area contributed by atoms with Gasteiger partial charge in [-0.25, -0.2) is 4.79 Å². The van der Waals surface area contributed by atoms with E-state index in [1.54, 1.807) is 7.11 Å². The summed E-state index contributed by atoms with van der Waals surface area (Å²) >= 11 is 0. The van der Waals surface area contributed by atoms with Crippen LogP contribution in [0.25, 0.3) is 0 Å². The minimum absolute atomic E-state index is 0.243. The molecule has 0 aromatic heterocycles. The van der Waals surface area contributed by atoms with Gasteiger partial charge in [0.15, 0.2) is 0 Å². The third-order valence-electron chi connectivity index (χ3n) is 2.55. The number of hydrogen-bond acceptors (Lipinski definition) is 4. The molecule has 0 unspecified atom stereocenters. The van der Waals surface area contributed by atoms with Gasteiger partial charge < -0.3 is 18.4 Å². The molecule has 0 radical (unpaired) electrons. The van der Waals surface area contributed by atoms with Gasteiger partial charge in [-0.15, -0.1) is 0 Å². The van der Waals surface area contributed by atoms with Gasteiger partial charge in [-0.3, -0.25) is 0 Å². The molecule has 0 aliphatic heterocycles. The van der Waals surface area contributed by atoms with Crippen LogP contribution in [0.3, 0.4) is 0 Å². The predicted octanol–water partition coefficient (Wildman–Crippen LogP) is 2.46. The highest BCUT2D eigenvalue weighted by molar-refractivity contribution is 6.60. The number of carbonyl (C=O) groups is 1. The zero-order chi connectivity index (χ0) is 14.0. The Kier molecular flexibility index (Phi) is 8.91.